The van der Waals surface area contributed by atoms with Gasteiger partial charge >= 0.3 is 5.97 Å². The van der Waals surface area contributed by atoms with Crippen molar-refractivity contribution in [2.75, 3.05) is 5.32 Å². The van der Waals surface area contributed by atoms with Crippen LogP contribution in [0.15, 0.2) is 36.5 Å². The lowest BCUT2D eigenvalue weighted by Crippen LogP contribution is -2.19. The topological polar surface area (TPSA) is 95.1 Å². The molecule has 1 aromatic heterocycles. The van der Waals surface area contributed by atoms with Gasteiger partial charge in [-0.05, 0) is 36.6 Å². The quantitative estimate of drug-likeness (QED) is 0.779. The zero-order chi connectivity index (χ0) is 14.9. The number of anilines is 1. The fraction of sp³-hybridized carbons (Fsp3) is 0.267. The van der Waals surface area contributed by atoms with Crippen LogP contribution in [0.3, 0.4) is 0 Å². The van der Waals surface area contributed by atoms with Crippen LogP contribution in [0.25, 0.3) is 0 Å². The largest absolute Gasteiger partial charge is 0.481 e. The van der Waals surface area contributed by atoms with Crippen molar-refractivity contribution in [1.82, 2.24) is 10.2 Å². The molecule has 0 saturated heterocycles. The number of amides is 1. The van der Waals surface area contributed by atoms with Crippen molar-refractivity contribution in [3.8, 4) is 0 Å². The third kappa shape index (κ3) is 2.65. The van der Waals surface area contributed by atoms with Crippen LogP contribution in [-0.4, -0.2) is 27.2 Å². The number of aromatic nitrogens is 2. The average molecular weight is 285 g/mol. The minimum Gasteiger partial charge on any atom is -0.481 e. The van der Waals surface area contributed by atoms with E-state index in [9.17, 15) is 14.7 Å². The highest BCUT2D eigenvalue weighted by Crippen LogP contribution is 2.48. The number of H-pyrrole nitrogens is 1. The first-order valence-electron chi connectivity index (χ1n) is 6.72. The summed E-state index contributed by atoms with van der Waals surface area (Å²) in [4.78, 5) is 23.1. The van der Waals surface area contributed by atoms with Gasteiger partial charge in [0.05, 0.1) is 11.8 Å². The number of rotatable bonds is 5. The Hall–Kier alpha value is -2.63. The second-order valence-corrected chi connectivity index (χ2v) is 5.27. The first kappa shape index (κ1) is 13.4. The third-order valence-corrected chi connectivity index (χ3v) is 3.79. The van der Waals surface area contributed by atoms with E-state index in [1.807, 2.05) is 0 Å². The van der Waals surface area contributed by atoms with Gasteiger partial charge in [-0.25, -0.2) is 0 Å². The Morgan fingerprint density at radius 3 is 2.48 bits per heavy atom. The van der Waals surface area contributed by atoms with Crippen molar-refractivity contribution in [3.05, 3.63) is 47.8 Å². The lowest BCUT2D eigenvalue weighted by Gasteiger charge is -2.11. The van der Waals surface area contributed by atoms with Gasteiger partial charge in [-0.15, -0.1) is 0 Å². The zero-order valence-electron chi connectivity index (χ0n) is 11.3. The smallest absolute Gasteiger partial charge is 0.314 e. The number of hydrogen-bond donors (Lipinski definition) is 3. The zero-order valence-corrected chi connectivity index (χ0v) is 11.3. The fourth-order valence-electron chi connectivity index (χ4n) is 2.38. The van der Waals surface area contributed by atoms with Crippen molar-refractivity contribution in [1.29, 1.82) is 0 Å². The summed E-state index contributed by atoms with van der Waals surface area (Å²) < 4.78 is 0. The van der Waals surface area contributed by atoms with Crippen LogP contribution in [0.2, 0.25) is 0 Å². The van der Waals surface area contributed by atoms with E-state index in [2.05, 4.69) is 15.5 Å². The summed E-state index contributed by atoms with van der Waals surface area (Å²) in [6, 6.07) is 8.76. The number of carbonyl (C=O) groups excluding carboxylic acids is 1. The number of carboxylic acids is 1. The molecule has 1 aliphatic carbocycles. The van der Waals surface area contributed by atoms with Crippen LogP contribution in [-0.2, 0) is 21.4 Å². The van der Waals surface area contributed by atoms with Gasteiger partial charge in [0, 0.05) is 17.6 Å². The molecule has 0 aliphatic heterocycles. The Labute approximate surface area is 121 Å². The van der Waals surface area contributed by atoms with Gasteiger partial charge in [0.25, 0.3) is 0 Å². The van der Waals surface area contributed by atoms with Gasteiger partial charge < -0.3 is 10.4 Å². The standard InChI is InChI=1S/C15H15N3O3/c19-13(9-12-5-8-16-18-12)17-11-3-1-10(2-4-11)15(6-7-15)14(20)21/h1-5,8H,6-7,9H2,(H,16,18)(H,17,19)(H,20,21). The van der Waals surface area contributed by atoms with E-state index in [1.165, 1.54) is 0 Å². The summed E-state index contributed by atoms with van der Waals surface area (Å²) in [6.07, 6.45) is 3.17. The maximum Gasteiger partial charge on any atom is 0.314 e. The van der Waals surface area contributed by atoms with Crippen LogP contribution in [0, 0.1) is 0 Å². The molecule has 21 heavy (non-hydrogen) atoms. The second-order valence-electron chi connectivity index (χ2n) is 5.27. The normalized spacial score (nSPS) is 15.4. The molecule has 2 aromatic rings. The van der Waals surface area contributed by atoms with Crippen LogP contribution >= 0.6 is 0 Å². The molecule has 0 radical (unpaired) electrons. The van der Waals surface area contributed by atoms with Crippen LogP contribution in [0.5, 0.6) is 0 Å². The van der Waals surface area contributed by atoms with Crippen molar-refractivity contribution in [2.24, 2.45) is 0 Å². The Morgan fingerprint density at radius 1 is 1.24 bits per heavy atom. The SMILES string of the molecule is O=C(Cc1ccn[nH]1)Nc1ccc(C2(C(=O)O)CC2)cc1. The van der Waals surface area contributed by atoms with Crippen LogP contribution < -0.4 is 5.32 Å². The molecule has 0 bridgehead atoms. The molecule has 0 spiro atoms. The fourth-order valence-corrected chi connectivity index (χ4v) is 2.38. The van der Waals surface area contributed by atoms with Crippen molar-refractivity contribution in [2.45, 2.75) is 24.7 Å². The molecule has 0 atom stereocenters. The van der Waals surface area contributed by atoms with Gasteiger partial charge in [0.15, 0.2) is 0 Å². The van der Waals surface area contributed by atoms with E-state index in [0.29, 0.717) is 18.5 Å². The van der Waals surface area contributed by atoms with E-state index >= 15 is 0 Å². The summed E-state index contributed by atoms with van der Waals surface area (Å²) in [5, 5.41) is 18.5. The Balaban J connectivity index is 1.65. The first-order chi connectivity index (χ1) is 10.1. The van der Waals surface area contributed by atoms with E-state index in [1.54, 1.807) is 36.5 Å². The predicted molar refractivity (Wildman–Crippen MR) is 75.9 cm³/mol. The molecular formula is C15H15N3O3. The summed E-state index contributed by atoms with van der Waals surface area (Å²) in [7, 11) is 0. The Bertz CT molecular complexity index is 658. The van der Waals surface area contributed by atoms with Gasteiger partial charge in [0.1, 0.15) is 0 Å². The van der Waals surface area contributed by atoms with Gasteiger partial charge in [-0.3, -0.25) is 14.7 Å². The minimum atomic E-state index is -0.779. The molecular weight excluding hydrogens is 270 g/mol. The molecule has 3 N–H and O–H groups in total. The van der Waals surface area contributed by atoms with Gasteiger partial charge in [-0.1, -0.05) is 12.1 Å². The number of aromatic amines is 1. The number of carboxylic acid groups (broad SMARTS) is 1. The highest BCUT2D eigenvalue weighted by atomic mass is 16.4. The van der Waals surface area contributed by atoms with Crippen molar-refractivity contribution in [3.63, 3.8) is 0 Å². The Kier molecular flexibility index (Phi) is 3.21. The van der Waals surface area contributed by atoms with Crippen molar-refractivity contribution < 1.29 is 14.7 Å². The van der Waals surface area contributed by atoms with Crippen LogP contribution in [0.4, 0.5) is 5.69 Å². The minimum absolute atomic E-state index is 0.147. The lowest BCUT2D eigenvalue weighted by molar-refractivity contribution is -0.140. The maximum atomic E-state index is 11.8. The molecule has 1 aromatic carbocycles. The van der Waals surface area contributed by atoms with E-state index in [-0.39, 0.29) is 12.3 Å². The molecule has 6 nitrogen and oxygen atoms in total. The molecule has 3 rings (SSSR count). The van der Waals surface area contributed by atoms with E-state index < -0.39 is 11.4 Å². The highest BCUT2D eigenvalue weighted by molar-refractivity contribution is 5.92. The summed E-state index contributed by atoms with van der Waals surface area (Å²) in [5.41, 5.74) is 1.48. The van der Waals surface area contributed by atoms with E-state index in [4.69, 9.17) is 0 Å². The summed E-state index contributed by atoms with van der Waals surface area (Å²) in [5.74, 6) is -0.926. The number of aliphatic carboxylic acids is 1. The van der Waals surface area contributed by atoms with Gasteiger partial charge in [-0.2, -0.15) is 5.10 Å². The van der Waals surface area contributed by atoms with Gasteiger partial charge in [0.2, 0.25) is 5.91 Å². The monoisotopic (exact) mass is 285 g/mol. The third-order valence-electron chi connectivity index (χ3n) is 3.79. The number of carbonyl (C=O) groups is 2. The molecule has 1 heterocycles. The molecule has 1 fully saturated rings. The molecule has 1 saturated carbocycles. The average Bonchev–Trinajstić information content (AvgIpc) is 3.12. The molecule has 108 valence electrons. The molecule has 1 aliphatic rings. The van der Waals surface area contributed by atoms with Crippen molar-refractivity contribution >= 4 is 17.6 Å². The molecule has 0 unspecified atom stereocenters. The summed E-state index contributed by atoms with van der Waals surface area (Å²) >= 11 is 0. The number of nitrogens with zero attached hydrogens (tertiary/aromatic N) is 1. The predicted octanol–water partition coefficient (Wildman–Crippen LogP) is 1.71. The highest BCUT2D eigenvalue weighted by Gasteiger charge is 2.51. The van der Waals surface area contributed by atoms with Crippen LogP contribution in [0.1, 0.15) is 24.1 Å². The lowest BCUT2D eigenvalue weighted by atomic mass is 9.96. The Morgan fingerprint density at radius 2 is 1.95 bits per heavy atom. The second kappa shape index (κ2) is 5.05. The van der Waals surface area contributed by atoms with E-state index in [0.717, 1.165) is 11.3 Å². The summed E-state index contributed by atoms with van der Waals surface area (Å²) in [6.45, 7) is 0. The molecule has 1 amide bonds. The molecule has 6 heteroatoms. The maximum absolute atomic E-state index is 11.8. The number of nitrogens with one attached hydrogen (secondary N) is 2. The number of hydrogen-bond acceptors (Lipinski definition) is 3. The first-order valence-corrected chi connectivity index (χ1v) is 6.72. The number of benzene rings is 1.